The number of hydrogen-bond donors (Lipinski definition) is 2. The molecule has 0 aromatic rings. The number of carboxylic acid groups (broad SMARTS) is 1. The number of rotatable bonds is 6. The standard InChI is InChI=1S/C13H24N2O5S/c1-13(2,21(3,19)20)9-14-12(18)15(8-11(16)17)10-6-4-5-7-10/h10H,4-9H2,1-3H3,(H,14,18)(H,16,17). The van der Waals surface area contributed by atoms with Gasteiger partial charge in [0.2, 0.25) is 0 Å². The summed E-state index contributed by atoms with van der Waals surface area (Å²) in [5, 5.41) is 11.5. The molecule has 122 valence electrons. The van der Waals surface area contributed by atoms with Gasteiger partial charge in [0.05, 0.1) is 4.75 Å². The Balaban J connectivity index is 2.71. The van der Waals surface area contributed by atoms with Crippen molar-refractivity contribution in [3.63, 3.8) is 0 Å². The van der Waals surface area contributed by atoms with Crippen LogP contribution in [0.5, 0.6) is 0 Å². The van der Waals surface area contributed by atoms with Crippen molar-refractivity contribution in [2.24, 2.45) is 0 Å². The zero-order valence-electron chi connectivity index (χ0n) is 12.8. The van der Waals surface area contributed by atoms with Crippen LogP contribution in [0.25, 0.3) is 0 Å². The van der Waals surface area contributed by atoms with Crippen molar-refractivity contribution in [1.29, 1.82) is 0 Å². The van der Waals surface area contributed by atoms with Gasteiger partial charge < -0.3 is 15.3 Å². The number of carboxylic acids is 1. The largest absolute Gasteiger partial charge is 0.480 e. The highest BCUT2D eigenvalue weighted by Crippen LogP contribution is 2.23. The lowest BCUT2D eigenvalue weighted by molar-refractivity contribution is -0.138. The minimum absolute atomic E-state index is 0.0481. The first-order valence-corrected chi connectivity index (χ1v) is 8.89. The monoisotopic (exact) mass is 320 g/mol. The Morgan fingerprint density at radius 1 is 1.29 bits per heavy atom. The molecule has 1 aliphatic carbocycles. The molecular formula is C13H24N2O5S. The Hall–Kier alpha value is -1.31. The van der Waals surface area contributed by atoms with Crippen molar-refractivity contribution in [2.75, 3.05) is 19.3 Å². The first-order valence-electron chi connectivity index (χ1n) is 7.00. The molecule has 0 spiro atoms. The van der Waals surface area contributed by atoms with Crippen molar-refractivity contribution in [2.45, 2.75) is 50.3 Å². The van der Waals surface area contributed by atoms with Crippen LogP contribution in [0.4, 0.5) is 4.79 Å². The van der Waals surface area contributed by atoms with Gasteiger partial charge in [0.15, 0.2) is 9.84 Å². The highest BCUT2D eigenvalue weighted by Gasteiger charge is 2.33. The summed E-state index contributed by atoms with van der Waals surface area (Å²) < 4.78 is 22.1. The quantitative estimate of drug-likeness (QED) is 0.755. The molecule has 7 nitrogen and oxygen atoms in total. The van der Waals surface area contributed by atoms with Crippen LogP contribution in [0.2, 0.25) is 0 Å². The number of aliphatic carboxylic acids is 1. The molecule has 0 heterocycles. The minimum Gasteiger partial charge on any atom is -0.480 e. The first-order chi connectivity index (χ1) is 9.54. The van der Waals surface area contributed by atoms with Crippen molar-refractivity contribution in [3.8, 4) is 0 Å². The van der Waals surface area contributed by atoms with Crippen LogP contribution in [0, 0.1) is 0 Å². The lowest BCUT2D eigenvalue weighted by Crippen LogP contribution is -2.52. The van der Waals surface area contributed by atoms with Gasteiger partial charge in [-0.05, 0) is 26.7 Å². The molecule has 1 rings (SSSR count). The van der Waals surface area contributed by atoms with E-state index < -0.39 is 26.6 Å². The van der Waals surface area contributed by atoms with Crippen LogP contribution in [-0.4, -0.2) is 60.6 Å². The normalized spacial score (nSPS) is 16.7. The van der Waals surface area contributed by atoms with Gasteiger partial charge in [0, 0.05) is 18.8 Å². The van der Waals surface area contributed by atoms with Crippen LogP contribution in [-0.2, 0) is 14.6 Å². The summed E-state index contributed by atoms with van der Waals surface area (Å²) in [5.41, 5.74) is 0. The summed E-state index contributed by atoms with van der Waals surface area (Å²) in [6.07, 6.45) is 4.64. The van der Waals surface area contributed by atoms with Gasteiger partial charge >= 0.3 is 12.0 Å². The van der Waals surface area contributed by atoms with E-state index >= 15 is 0 Å². The van der Waals surface area contributed by atoms with Gasteiger partial charge in [-0.25, -0.2) is 13.2 Å². The molecular weight excluding hydrogens is 296 g/mol. The van der Waals surface area contributed by atoms with Gasteiger partial charge in [-0.2, -0.15) is 0 Å². The second kappa shape index (κ2) is 6.64. The first kappa shape index (κ1) is 17.7. The van der Waals surface area contributed by atoms with Gasteiger partial charge in [-0.15, -0.1) is 0 Å². The molecule has 8 heteroatoms. The summed E-state index contributed by atoms with van der Waals surface area (Å²) in [6, 6.07) is -0.594. The maximum atomic E-state index is 12.2. The van der Waals surface area contributed by atoms with E-state index in [9.17, 15) is 18.0 Å². The molecule has 2 N–H and O–H groups in total. The highest BCUT2D eigenvalue weighted by atomic mass is 32.2. The Labute approximate surface area is 125 Å². The summed E-state index contributed by atoms with van der Waals surface area (Å²) in [7, 11) is -3.32. The number of nitrogens with one attached hydrogen (secondary N) is 1. The van der Waals surface area contributed by atoms with E-state index in [2.05, 4.69) is 5.32 Å². The second-order valence-corrected chi connectivity index (χ2v) is 8.80. The average molecular weight is 320 g/mol. The Bertz CT molecular complexity index is 495. The van der Waals surface area contributed by atoms with E-state index in [4.69, 9.17) is 5.11 Å². The fraction of sp³-hybridized carbons (Fsp3) is 0.846. The molecule has 0 bridgehead atoms. The topological polar surface area (TPSA) is 104 Å². The average Bonchev–Trinajstić information content (AvgIpc) is 2.85. The second-order valence-electron chi connectivity index (χ2n) is 6.15. The fourth-order valence-electron chi connectivity index (χ4n) is 2.25. The smallest absolute Gasteiger partial charge is 0.323 e. The third-order valence-corrected chi connectivity index (χ3v) is 6.15. The molecule has 1 saturated carbocycles. The molecule has 0 aromatic carbocycles. The third kappa shape index (κ3) is 4.87. The van der Waals surface area contributed by atoms with Gasteiger partial charge in [0.25, 0.3) is 0 Å². The third-order valence-electron chi connectivity index (χ3n) is 4.00. The van der Waals surface area contributed by atoms with E-state index in [0.717, 1.165) is 31.9 Å². The highest BCUT2D eigenvalue weighted by molar-refractivity contribution is 7.92. The summed E-state index contributed by atoms with van der Waals surface area (Å²) in [6.45, 7) is 2.64. The number of carbonyl (C=O) groups is 2. The van der Waals surface area contributed by atoms with Gasteiger partial charge in [0.1, 0.15) is 6.54 Å². The molecule has 1 fully saturated rings. The SMILES string of the molecule is CC(C)(CNC(=O)N(CC(=O)O)C1CCCC1)S(C)(=O)=O. The van der Waals surface area contributed by atoms with Crippen molar-refractivity contribution in [1.82, 2.24) is 10.2 Å². The Morgan fingerprint density at radius 2 is 1.81 bits per heavy atom. The molecule has 0 radical (unpaired) electrons. The number of amides is 2. The van der Waals surface area contributed by atoms with Crippen LogP contribution in [0.1, 0.15) is 39.5 Å². The van der Waals surface area contributed by atoms with Crippen molar-refractivity contribution in [3.05, 3.63) is 0 Å². The van der Waals surface area contributed by atoms with Crippen molar-refractivity contribution >= 4 is 21.8 Å². The molecule has 0 saturated heterocycles. The molecule has 1 aliphatic rings. The molecule has 2 amide bonds. The fourth-order valence-corrected chi connectivity index (χ4v) is 2.58. The molecule has 0 atom stereocenters. The van der Waals surface area contributed by atoms with Gasteiger partial charge in [-0.3, -0.25) is 4.79 Å². The Morgan fingerprint density at radius 3 is 2.24 bits per heavy atom. The number of sulfone groups is 1. The summed E-state index contributed by atoms with van der Waals surface area (Å²) in [5.74, 6) is -1.07. The lowest BCUT2D eigenvalue weighted by Gasteiger charge is -2.30. The van der Waals surface area contributed by atoms with Crippen LogP contribution < -0.4 is 5.32 Å². The van der Waals surface area contributed by atoms with E-state index in [1.165, 1.54) is 18.7 Å². The molecule has 21 heavy (non-hydrogen) atoms. The predicted molar refractivity (Wildman–Crippen MR) is 78.9 cm³/mol. The van der Waals surface area contributed by atoms with E-state index in [1.807, 2.05) is 0 Å². The number of nitrogens with zero attached hydrogens (tertiary/aromatic N) is 1. The zero-order chi connectivity index (χ0) is 16.3. The maximum absolute atomic E-state index is 12.2. The van der Waals surface area contributed by atoms with Gasteiger partial charge in [-0.1, -0.05) is 12.8 Å². The maximum Gasteiger partial charge on any atom is 0.323 e. The van der Waals surface area contributed by atoms with Crippen molar-refractivity contribution < 1.29 is 23.1 Å². The van der Waals surface area contributed by atoms with E-state index in [-0.39, 0.29) is 19.1 Å². The van der Waals surface area contributed by atoms with Crippen LogP contribution >= 0.6 is 0 Å². The molecule has 0 aromatic heterocycles. The molecule has 0 aliphatic heterocycles. The molecule has 0 unspecified atom stereocenters. The predicted octanol–water partition coefficient (Wildman–Crippen LogP) is 0.848. The number of carbonyl (C=O) groups excluding carboxylic acids is 1. The van der Waals surface area contributed by atoms with E-state index in [0.29, 0.717) is 0 Å². The summed E-state index contributed by atoms with van der Waals surface area (Å²) >= 11 is 0. The minimum atomic E-state index is -3.32. The number of hydrogen-bond acceptors (Lipinski definition) is 4. The van der Waals surface area contributed by atoms with Crippen LogP contribution in [0.3, 0.4) is 0 Å². The zero-order valence-corrected chi connectivity index (χ0v) is 13.6. The Kier molecular flexibility index (Phi) is 5.61. The lowest BCUT2D eigenvalue weighted by atomic mass is 10.2. The van der Waals surface area contributed by atoms with Crippen LogP contribution in [0.15, 0.2) is 0 Å². The van der Waals surface area contributed by atoms with E-state index in [1.54, 1.807) is 0 Å². The number of urea groups is 1. The summed E-state index contributed by atoms with van der Waals surface area (Å²) in [4.78, 5) is 24.4.